The fourth-order valence-corrected chi connectivity index (χ4v) is 1.37. The van der Waals surface area contributed by atoms with Crippen molar-refractivity contribution in [2.24, 2.45) is 0 Å². The molecule has 0 bridgehead atoms. The van der Waals surface area contributed by atoms with Gasteiger partial charge in [0.25, 0.3) is 0 Å². The standard InChI is InChI=1S/C11H10N2O4/c14-10(15)7-17-9-3-1-8(2-4-9)13-6-5-12-11(13)16/h1-6H,7H2,(H,12,16)(H,14,15). The van der Waals surface area contributed by atoms with Crippen molar-refractivity contribution in [1.29, 1.82) is 0 Å². The zero-order valence-corrected chi connectivity index (χ0v) is 8.79. The summed E-state index contributed by atoms with van der Waals surface area (Å²) in [6.07, 6.45) is 3.15. The third-order valence-electron chi connectivity index (χ3n) is 2.13. The quantitative estimate of drug-likeness (QED) is 0.812. The Kier molecular flexibility index (Phi) is 2.95. The smallest absolute Gasteiger partial charge is 0.341 e. The zero-order chi connectivity index (χ0) is 12.3. The van der Waals surface area contributed by atoms with E-state index in [1.54, 1.807) is 30.5 Å². The van der Waals surface area contributed by atoms with Crippen LogP contribution in [0.4, 0.5) is 0 Å². The summed E-state index contributed by atoms with van der Waals surface area (Å²) in [5.41, 5.74) is 0.447. The number of benzene rings is 1. The first kappa shape index (κ1) is 11.0. The second-order valence-electron chi connectivity index (χ2n) is 3.31. The molecule has 0 saturated heterocycles. The molecule has 0 spiro atoms. The lowest BCUT2D eigenvalue weighted by Gasteiger charge is -2.04. The Labute approximate surface area is 96.1 Å². The van der Waals surface area contributed by atoms with Crippen molar-refractivity contribution >= 4 is 5.97 Å². The monoisotopic (exact) mass is 234 g/mol. The molecule has 2 N–H and O–H groups in total. The number of nitrogens with zero attached hydrogens (tertiary/aromatic N) is 1. The molecule has 0 fully saturated rings. The minimum atomic E-state index is -1.03. The van der Waals surface area contributed by atoms with Crippen molar-refractivity contribution < 1.29 is 14.6 Å². The highest BCUT2D eigenvalue weighted by Gasteiger charge is 2.02. The van der Waals surface area contributed by atoms with Gasteiger partial charge in [-0.3, -0.25) is 4.57 Å². The number of ether oxygens (including phenoxy) is 1. The topological polar surface area (TPSA) is 84.3 Å². The number of hydrogen-bond donors (Lipinski definition) is 2. The Balaban J connectivity index is 2.16. The Morgan fingerprint density at radius 1 is 1.35 bits per heavy atom. The molecule has 6 heteroatoms. The molecule has 0 saturated carbocycles. The van der Waals surface area contributed by atoms with Gasteiger partial charge in [0.05, 0.1) is 5.69 Å². The molecule has 0 atom stereocenters. The number of carboxylic acid groups (broad SMARTS) is 1. The summed E-state index contributed by atoms with van der Waals surface area (Å²) < 4.78 is 6.41. The van der Waals surface area contributed by atoms with Gasteiger partial charge >= 0.3 is 11.7 Å². The third-order valence-corrected chi connectivity index (χ3v) is 2.13. The number of aromatic nitrogens is 2. The summed E-state index contributed by atoms with van der Waals surface area (Å²) in [6.45, 7) is -0.385. The number of nitrogens with one attached hydrogen (secondary N) is 1. The highest BCUT2D eigenvalue weighted by molar-refractivity contribution is 5.68. The molecule has 0 aliphatic carbocycles. The molecule has 17 heavy (non-hydrogen) atoms. The first-order valence-corrected chi connectivity index (χ1v) is 4.88. The molecule has 1 aromatic carbocycles. The first-order valence-electron chi connectivity index (χ1n) is 4.88. The van der Waals surface area contributed by atoms with Crippen LogP contribution in [0.25, 0.3) is 5.69 Å². The normalized spacial score (nSPS) is 10.1. The van der Waals surface area contributed by atoms with Crippen molar-refractivity contribution in [1.82, 2.24) is 9.55 Å². The summed E-state index contributed by atoms with van der Waals surface area (Å²) in [7, 11) is 0. The molecule has 6 nitrogen and oxygen atoms in total. The molecule has 2 aromatic rings. The van der Waals surface area contributed by atoms with Gasteiger partial charge in [0.2, 0.25) is 0 Å². The molecule has 0 unspecified atom stereocenters. The van der Waals surface area contributed by atoms with E-state index in [0.29, 0.717) is 11.4 Å². The Morgan fingerprint density at radius 3 is 2.59 bits per heavy atom. The number of H-pyrrole nitrogens is 1. The van der Waals surface area contributed by atoms with Crippen molar-refractivity contribution in [3.63, 3.8) is 0 Å². The van der Waals surface area contributed by atoms with E-state index in [1.807, 2.05) is 0 Å². The lowest BCUT2D eigenvalue weighted by atomic mass is 10.3. The predicted molar refractivity (Wildman–Crippen MR) is 59.5 cm³/mol. The van der Waals surface area contributed by atoms with Gasteiger partial charge in [0.15, 0.2) is 6.61 Å². The third kappa shape index (κ3) is 2.54. The minimum absolute atomic E-state index is 0.232. The van der Waals surface area contributed by atoms with Crippen LogP contribution in [0.5, 0.6) is 5.75 Å². The SMILES string of the molecule is O=C(O)COc1ccc(-n2cc[nH]c2=O)cc1. The molecule has 0 aliphatic heterocycles. The van der Waals surface area contributed by atoms with Crippen molar-refractivity contribution in [2.75, 3.05) is 6.61 Å². The van der Waals surface area contributed by atoms with Gasteiger partial charge in [-0.25, -0.2) is 9.59 Å². The van der Waals surface area contributed by atoms with Crippen molar-refractivity contribution in [3.8, 4) is 11.4 Å². The number of rotatable bonds is 4. The van der Waals surface area contributed by atoms with Crippen molar-refractivity contribution in [2.45, 2.75) is 0 Å². The van der Waals surface area contributed by atoms with Gasteiger partial charge < -0.3 is 14.8 Å². The highest BCUT2D eigenvalue weighted by atomic mass is 16.5. The maximum absolute atomic E-state index is 11.3. The summed E-state index contributed by atoms with van der Waals surface area (Å²) in [6, 6.07) is 6.56. The summed E-state index contributed by atoms with van der Waals surface area (Å²) in [5, 5.41) is 8.44. The largest absolute Gasteiger partial charge is 0.482 e. The Bertz CT molecular complexity index is 568. The second-order valence-corrected chi connectivity index (χ2v) is 3.31. The molecule has 0 aliphatic rings. The van der Waals surface area contributed by atoms with Crippen LogP contribution < -0.4 is 10.4 Å². The fraction of sp³-hybridized carbons (Fsp3) is 0.0909. The van der Waals surface area contributed by atoms with Gasteiger partial charge in [-0.15, -0.1) is 0 Å². The lowest BCUT2D eigenvalue weighted by molar-refractivity contribution is -0.139. The van der Waals surface area contributed by atoms with Crippen LogP contribution in [0.1, 0.15) is 0 Å². The first-order chi connectivity index (χ1) is 8.16. The van der Waals surface area contributed by atoms with E-state index in [9.17, 15) is 9.59 Å². The summed E-state index contributed by atoms with van der Waals surface area (Å²) >= 11 is 0. The van der Waals surface area contributed by atoms with Crippen LogP contribution in [0, 0.1) is 0 Å². The number of hydrogen-bond acceptors (Lipinski definition) is 3. The van der Waals surface area contributed by atoms with Gasteiger partial charge in [-0.05, 0) is 24.3 Å². The van der Waals surface area contributed by atoms with Gasteiger partial charge in [-0.2, -0.15) is 0 Å². The second kappa shape index (κ2) is 4.56. The maximum Gasteiger partial charge on any atom is 0.341 e. The molecule has 0 radical (unpaired) electrons. The van der Waals surface area contributed by atoms with Gasteiger partial charge in [-0.1, -0.05) is 0 Å². The molecular weight excluding hydrogens is 224 g/mol. The van der Waals surface area contributed by atoms with Crippen LogP contribution in [-0.2, 0) is 4.79 Å². The summed E-state index contributed by atoms with van der Waals surface area (Å²) in [5.74, 6) is -0.587. The van der Waals surface area contributed by atoms with Crippen LogP contribution in [0.15, 0.2) is 41.5 Å². The number of carbonyl (C=O) groups is 1. The van der Waals surface area contributed by atoms with Crippen molar-refractivity contribution in [3.05, 3.63) is 47.1 Å². The van der Waals surface area contributed by atoms with E-state index >= 15 is 0 Å². The molecule has 1 heterocycles. The molecular formula is C11H10N2O4. The molecule has 1 aromatic heterocycles. The Morgan fingerprint density at radius 2 is 2.06 bits per heavy atom. The average Bonchev–Trinajstić information content (AvgIpc) is 2.73. The van der Waals surface area contributed by atoms with Crippen LogP contribution in [0.2, 0.25) is 0 Å². The van der Waals surface area contributed by atoms with E-state index in [-0.39, 0.29) is 12.3 Å². The van der Waals surface area contributed by atoms with E-state index in [0.717, 1.165) is 0 Å². The average molecular weight is 234 g/mol. The lowest BCUT2D eigenvalue weighted by Crippen LogP contribution is -2.14. The zero-order valence-electron chi connectivity index (χ0n) is 8.79. The number of imidazole rings is 1. The molecule has 88 valence electrons. The number of carboxylic acids is 1. The van der Waals surface area contributed by atoms with E-state index < -0.39 is 5.97 Å². The predicted octanol–water partition coefficient (Wildman–Crippen LogP) is 0.629. The van der Waals surface area contributed by atoms with Crippen LogP contribution in [-0.4, -0.2) is 27.2 Å². The van der Waals surface area contributed by atoms with Gasteiger partial charge in [0.1, 0.15) is 5.75 Å². The van der Waals surface area contributed by atoms with E-state index in [1.165, 1.54) is 10.8 Å². The highest BCUT2D eigenvalue weighted by Crippen LogP contribution is 2.13. The van der Waals surface area contributed by atoms with E-state index in [2.05, 4.69) is 4.98 Å². The maximum atomic E-state index is 11.3. The molecule has 0 amide bonds. The van der Waals surface area contributed by atoms with Crippen LogP contribution in [0.3, 0.4) is 0 Å². The number of aromatic amines is 1. The fourth-order valence-electron chi connectivity index (χ4n) is 1.37. The number of aliphatic carboxylic acids is 1. The molecule has 2 rings (SSSR count). The van der Waals surface area contributed by atoms with Gasteiger partial charge in [0, 0.05) is 12.4 Å². The summed E-state index contributed by atoms with van der Waals surface area (Å²) in [4.78, 5) is 24.1. The Hall–Kier alpha value is -2.50. The van der Waals surface area contributed by atoms with Crippen LogP contribution >= 0.6 is 0 Å². The minimum Gasteiger partial charge on any atom is -0.482 e. The van der Waals surface area contributed by atoms with E-state index in [4.69, 9.17) is 9.84 Å².